The molecule has 2 heterocycles. The lowest BCUT2D eigenvalue weighted by atomic mass is 9.73. The first kappa shape index (κ1) is 19.9. The number of methoxy groups -OCH3 is 2. The average molecular weight is 410 g/mol. The molecule has 0 aromatic heterocycles. The first-order chi connectivity index (χ1) is 14.6. The smallest absolute Gasteiger partial charge is 0.161 e. The fraction of sp³-hybridized carbons (Fsp3) is 0.520. The molecule has 2 aromatic carbocycles. The van der Waals surface area contributed by atoms with Crippen molar-refractivity contribution >= 4 is 0 Å². The predicted octanol–water partition coefficient (Wildman–Crippen LogP) is 3.79. The quantitative estimate of drug-likeness (QED) is 0.836. The van der Waals surface area contributed by atoms with E-state index in [-0.39, 0.29) is 5.60 Å². The Morgan fingerprint density at radius 2 is 1.70 bits per heavy atom. The van der Waals surface area contributed by atoms with Gasteiger partial charge in [0.1, 0.15) is 0 Å². The molecule has 30 heavy (non-hydrogen) atoms. The third-order valence-corrected chi connectivity index (χ3v) is 7.29. The molecule has 0 bridgehead atoms. The monoisotopic (exact) mass is 409 g/mol. The number of fused-ring (bicyclic) bond motifs is 3. The molecule has 0 unspecified atom stereocenters. The number of rotatable bonds is 3. The second kappa shape index (κ2) is 7.88. The van der Waals surface area contributed by atoms with Gasteiger partial charge in [-0.05, 0) is 66.5 Å². The van der Waals surface area contributed by atoms with Crippen LogP contribution in [0.2, 0.25) is 0 Å². The summed E-state index contributed by atoms with van der Waals surface area (Å²) in [6.45, 7) is 2.02. The van der Waals surface area contributed by atoms with Crippen LogP contribution in [0.25, 0.3) is 0 Å². The molecule has 0 amide bonds. The van der Waals surface area contributed by atoms with E-state index in [4.69, 9.17) is 14.2 Å². The fourth-order valence-electron chi connectivity index (χ4n) is 5.73. The molecule has 2 aromatic rings. The SMILES string of the molecule is COc1cc2c(cc1OC)CN(C1CCC3(CC1)O[C@@H](O)Cc1ccccc13)CC2. The second-order valence-electron chi connectivity index (χ2n) is 8.86. The average Bonchev–Trinajstić information content (AvgIpc) is 2.78. The van der Waals surface area contributed by atoms with Gasteiger partial charge in [0.05, 0.1) is 19.8 Å². The molecule has 1 atom stereocenters. The fourth-order valence-corrected chi connectivity index (χ4v) is 5.73. The third-order valence-electron chi connectivity index (χ3n) is 7.29. The molecule has 3 aliphatic rings. The molecule has 1 N–H and O–H groups in total. The molecule has 0 saturated heterocycles. The minimum absolute atomic E-state index is 0.324. The van der Waals surface area contributed by atoms with Crippen molar-refractivity contribution in [1.29, 1.82) is 0 Å². The first-order valence-electron chi connectivity index (χ1n) is 11.0. The van der Waals surface area contributed by atoms with Gasteiger partial charge in [0.25, 0.3) is 0 Å². The van der Waals surface area contributed by atoms with E-state index in [1.165, 1.54) is 22.3 Å². The highest BCUT2D eigenvalue weighted by Crippen LogP contribution is 2.47. The van der Waals surface area contributed by atoms with Crippen molar-refractivity contribution in [3.8, 4) is 11.5 Å². The maximum Gasteiger partial charge on any atom is 0.161 e. The minimum atomic E-state index is -0.694. The van der Waals surface area contributed by atoms with Crippen molar-refractivity contribution in [2.75, 3.05) is 20.8 Å². The normalized spacial score (nSPS) is 28.6. The highest BCUT2D eigenvalue weighted by Gasteiger charge is 2.44. The largest absolute Gasteiger partial charge is 0.493 e. The van der Waals surface area contributed by atoms with E-state index in [1.54, 1.807) is 14.2 Å². The highest BCUT2D eigenvalue weighted by molar-refractivity contribution is 5.48. The maximum absolute atomic E-state index is 10.3. The van der Waals surface area contributed by atoms with Crippen LogP contribution < -0.4 is 9.47 Å². The van der Waals surface area contributed by atoms with E-state index in [2.05, 4.69) is 41.3 Å². The van der Waals surface area contributed by atoms with Crippen LogP contribution in [0.4, 0.5) is 0 Å². The molecule has 1 saturated carbocycles. The minimum Gasteiger partial charge on any atom is -0.493 e. The van der Waals surface area contributed by atoms with Crippen LogP contribution in [0.1, 0.15) is 47.9 Å². The number of benzene rings is 2. The Morgan fingerprint density at radius 1 is 1.00 bits per heavy atom. The molecule has 5 nitrogen and oxygen atoms in total. The standard InChI is InChI=1S/C25H31NO4/c1-28-22-13-17-9-12-26(16-19(17)14-23(22)29-2)20-7-10-25(11-8-20)21-6-4-3-5-18(21)15-24(27)30-25/h3-6,13-14,20,24,27H,7-12,15-16H2,1-2H3/t20?,24-,25?/m1/s1. The van der Waals surface area contributed by atoms with Gasteiger partial charge in [-0.25, -0.2) is 0 Å². The lowest BCUT2D eigenvalue weighted by Gasteiger charge is -2.48. The summed E-state index contributed by atoms with van der Waals surface area (Å²) >= 11 is 0. The summed E-state index contributed by atoms with van der Waals surface area (Å²) in [5, 5.41) is 10.3. The molecule has 5 rings (SSSR count). The van der Waals surface area contributed by atoms with Gasteiger partial charge in [-0.15, -0.1) is 0 Å². The molecule has 5 heteroatoms. The van der Waals surface area contributed by atoms with Crippen molar-refractivity contribution in [3.63, 3.8) is 0 Å². The van der Waals surface area contributed by atoms with Gasteiger partial charge in [0, 0.05) is 25.6 Å². The first-order valence-corrected chi connectivity index (χ1v) is 11.0. The summed E-state index contributed by atoms with van der Waals surface area (Å²) in [5.74, 6) is 1.62. The van der Waals surface area contributed by atoms with Gasteiger partial charge >= 0.3 is 0 Å². The molecule has 1 aliphatic carbocycles. The number of aliphatic hydroxyl groups excluding tert-OH is 1. The van der Waals surface area contributed by atoms with Gasteiger partial charge in [0.2, 0.25) is 0 Å². The number of hydrogen-bond acceptors (Lipinski definition) is 5. The Kier molecular flexibility index (Phi) is 5.21. The maximum atomic E-state index is 10.3. The van der Waals surface area contributed by atoms with Gasteiger partial charge < -0.3 is 19.3 Å². The van der Waals surface area contributed by atoms with E-state index < -0.39 is 6.29 Å². The molecular weight excluding hydrogens is 378 g/mol. The zero-order valence-corrected chi connectivity index (χ0v) is 17.9. The zero-order valence-electron chi connectivity index (χ0n) is 17.9. The Balaban J connectivity index is 1.32. The lowest BCUT2D eigenvalue weighted by molar-refractivity contribution is -0.214. The molecule has 1 fully saturated rings. The number of aliphatic hydroxyl groups is 1. The summed E-state index contributed by atoms with van der Waals surface area (Å²) in [5.41, 5.74) is 4.91. The molecule has 1 spiro atoms. The molecule has 0 radical (unpaired) electrons. The Morgan fingerprint density at radius 3 is 2.43 bits per heavy atom. The van der Waals surface area contributed by atoms with E-state index in [0.29, 0.717) is 12.5 Å². The van der Waals surface area contributed by atoms with Crippen LogP contribution in [0, 0.1) is 0 Å². The van der Waals surface area contributed by atoms with Crippen LogP contribution in [0.5, 0.6) is 11.5 Å². The number of ether oxygens (including phenoxy) is 3. The van der Waals surface area contributed by atoms with Crippen molar-refractivity contribution < 1.29 is 19.3 Å². The van der Waals surface area contributed by atoms with Crippen LogP contribution in [-0.2, 0) is 29.7 Å². The third kappa shape index (κ3) is 3.39. The van der Waals surface area contributed by atoms with Crippen molar-refractivity contribution in [3.05, 3.63) is 58.7 Å². The Labute approximate surface area is 178 Å². The summed E-state index contributed by atoms with van der Waals surface area (Å²) in [4.78, 5) is 2.62. The van der Waals surface area contributed by atoms with Crippen molar-refractivity contribution in [2.24, 2.45) is 0 Å². The van der Waals surface area contributed by atoms with Gasteiger partial charge in [-0.1, -0.05) is 24.3 Å². The lowest BCUT2D eigenvalue weighted by Crippen LogP contribution is -2.48. The van der Waals surface area contributed by atoms with E-state index >= 15 is 0 Å². The second-order valence-corrected chi connectivity index (χ2v) is 8.86. The van der Waals surface area contributed by atoms with Crippen LogP contribution in [0.3, 0.4) is 0 Å². The van der Waals surface area contributed by atoms with Crippen LogP contribution >= 0.6 is 0 Å². The van der Waals surface area contributed by atoms with E-state index in [9.17, 15) is 5.11 Å². The van der Waals surface area contributed by atoms with Gasteiger partial charge in [0.15, 0.2) is 17.8 Å². The summed E-state index contributed by atoms with van der Waals surface area (Å²) in [6.07, 6.45) is 5.03. The van der Waals surface area contributed by atoms with Gasteiger partial charge in [-0.2, -0.15) is 0 Å². The van der Waals surface area contributed by atoms with Crippen LogP contribution in [0.15, 0.2) is 36.4 Å². The Hall–Kier alpha value is -2.08. The zero-order chi connectivity index (χ0) is 20.7. The Bertz CT molecular complexity index is 919. The number of nitrogens with zero attached hydrogens (tertiary/aromatic N) is 1. The summed E-state index contributed by atoms with van der Waals surface area (Å²) < 4.78 is 17.2. The number of hydrogen-bond donors (Lipinski definition) is 1. The van der Waals surface area contributed by atoms with E-state index in [0.717, 1.165) is 56.7 Å². The predicted molar refractivity (Wildman–Crippen MR) is 115 cm³/mol. The topological polar surface area (TPSA) is 51.2 Å². The molecule has 2 aliphatic heterocycles. The van der Waals surface area contributed by atoms with Gasteiger partial charge in [-0.3, -0.25) is 4.90 Å². The van der Waals surface area contributed by atoms with Crippen molar-refractivity contribution in [1.82, 2.24) is 4.90 Å². The molecular formula is C25H31NO4. The van der Waals surface area contributed by atoms with Crippen molar-refractivity contribution in [2.45, 2.75) is 63.0 Å². The highest BCUT2D eigenvalue weighted by atomic mass is 16.6. The van der Waals surface area contributed by atoms with E-state index in [1.807, 2.05) is 0 Å². The summed E-state index contributed by atoms with van der Waals surface area (Å²) in [6, 6.07) is 13.3. The molecule has 160 valence electrons. The van der Waals surface area contributed by atoms with Crippen LogP contribution in [-0.4, -0.2) is 43.1 Å². The summed E-state index contributed by atoms with van der Waals surface area (Å²) in [7, 11) is 3.39.